The number of esters is 1. The van der Waals surface area contributed by atoms with Gasteiger partial charge in [0.25, 0.3) is 0 Å². The number of hydrogen-bond donors (Lipinski definition) is 1. The fourth-order valence-electron chi connectivity index (χ4n) is 1.54. The molecule has 0 amide bonds. The van der Waals surface area contributed by atoms with E-state index in [2.05, 4.69) is 0 Å². The van der Waals surface area contributed by atoms with Gasteiger partial charge in [0.2, 0.25) is 0 Å². The lowest BCUT2D eigenvalue weighted by molar-refractivity contribution is -0.151. The average Bonchev–Trinajstić information content (AvgIpc) is 2.09. The molecule has 1 saturated carbocycles. The minimum atomic E-state index is -0.469. The number of aliphatic hydroxyl groups is 1. The van der Waals surface area contributed by atoms with E-state index >= 15 is 0 Å². The van der Waals surface area contributed by atoms with E-state index in [0.29, 0.717) is 0 Å². The van der Waals surface area contributed by atoms with E-state index in [4.69, 9.17) is 4.74 Å². The second-order valence-corrected chi connectivity index (χ2v) is 3.33. The molecule has 0 spiro atoms. The number of rotatable bonds is 2. The third kappa shape index (κ3) is 3.19. The Morgan fingerprint density at radius 1 is 1.46 bits per heavy atom. The van der Waals surface area contributed by atoms with Crippen molar-refractivity contribution in [2.24, 2.45) is 0 Å². The fraction of sp³-hybridized carbons (Fsp3) is 0.700. The van der Waals surface area contributed by atoms with Gasteiger partial charge in [0.05, 0.1) is 6.10 Å². The molecule has 0 aliphatic heterocycles. The van der Waals surface area contributed by atoms with E-state index in [0.717, 1.165) is 25.7 Å². The van der Waals surface area contributed by atoms with Crippen molar-refractivity contribution < 1.29 is 14.6 Å². The van der Waals surface area contributed by atoms with Crippen molar-refractivity contribution in [2.75, 3.05) is 0 Å². The number of carbonyl (C=O) groups is 1. The van der Waals surface area contributed by atoms with Crippen molar-refractivity contribution in [3.8, 4) is 0 Å². The van der Waals surface area contributed by atoms with Crippen LogP contribution in [0.3, 0.4) is 0 Å². The summed E-state index contributed by atoms with van der Waals surface area (Å²) >= 11 is 0. The van der Waals surface area contributed by atoms with Crippen molar-refractivity contribution in [1.82, 2.24) is 0 Å². The highest BCUT2D eigenvalue weighted by molar-refractivity contribution is 5.81. The van der Waals surface area contributed by atoms with Crippen molar-refractivity contribution in [3.63, 3.8) is 0 Å². The van der Waals surface area contributed by atoms with Crippen LogP contribution in [0.5, 0.6) is 0 Å². The molecule has 2 atom stereocenters. The minimum absolute atomic E-state index is 0.294. The molecule has 0 aromatic carbocycles. The maximum Gasteiger partial charge on any atom is 0.330 e. The quantitative estimate of drug-likeness (QED) is 0.521. The van der Waals surface area contributed by atoms with Gasteiger partial charge < -0.3 is 9.84 Å². The molecule has 1 N–H and O–H groups in total. The molecule has 1 aliphatic carbocycles. The van der Waals surface area contributed by atoms with Crippen molar-refractivity contribution >= 4 is 5.97 Å². The molecule has 1 fully saturated rings. The van der Waals surface area contributed by atoms with Crippen molar-refractivity contribution in [2.45, 2.75) is 44.8 Å². The standard InChI is InChI=1S/C10H16O3/c1-2-5-10(12)13-9-7-4-3-6-8(9)11/h2,5,8-9,11H,3-4,6-7H2,1H3/b5-2+. The number of hydrogen-bond acceptors (Lipinski definition) is 3. The molecule has 13 heavy (non-hydrogen) atoms. The number of allylic oxidation sites excluding steroid dienone is 1. The summed E-state index contributed by atoms with van der Waals surface area (Å²) < 4.78 is 5.07. The van der Waals surface area contributed by atoms with Crippen LogP contribution in [0.1, 0.15) is 32.6 Å². The highest BCUT2D eigenvalue weighted by Gasteiger charge is 2.25. The van der Waals surface area contributed by atoms with E-state index in [1.807, 2.05) is 0 Å². The Labute approximate surface area is 78.4 Å². The summed E-state index contributed by atoms with van der Waals surface area (Å²) in [5, 5.41) is 9.48. The van der Waals surface area contributed by atoms with Crippen LogP contribution >= 0.6 is 0 Å². The predicted octanol–water partition coefficient (Wildman–Crippen LogP) is 1.41. The van der Waals surface area contributed by atoms with E-state index in [1.165, 1.54) is 6.08 Å². The maximum absolute atomic E-state index is 11.0. The lowest BCUT2D eigenvalue weighted by atomic mass is 9.95. The summed E-state index contributed by atoms with van der Waals surface area (Å²) in [7, 11) is 0. The zero-order valence-corrected chi connectivity index (χ0v) is 7.90. The van der Waals surface area contributed by atoms with Gasteiger partial charge in [0.15, 0.2) is 0 Å². The van der Waals surface area contributed by atoms with E-state index < -0.39 is 6.10 Å². The Kier molecular flexibility index (Phi) is 3.96. The fourth-order valence-corrected chi connectivity index (χ4v) is 1.54. The highest BCUT2D eigenvalue weighted by Crippen LogP contribution is 2.21. The highest BCUT2D eigenvalue weighted by atomic mass is 16.6. The summed E-state index contributed by atoms with van der Waals surface area (Å²) in [6.07, 6.45) is 5.83. The van der Waals surface area contributed by atoms with Gasteiger partial charge in [-0.05, 0) is 26.2 Å². The first kappa shape index (κ1) is 10.3. The Bertz CT molecular complexity index is 198. The first-order valence-electron chi connectivity index (χ1n) is 4.75. The third-order valence-corrected chi connectivity index (χ3v) is 2.24. The molecule has 0 radical (unpaired) electrons. The molecule has 1 rings (SSSR count). The molecule has 2 unspecified atom stereocenters. The largest absolute Gasteiger partial charge is 0.456 e. The van der Waals surface area contributed by atoms with Crippen molar-refractivity contribution in [1.29, 1.82) is 0 Å². The Morgan fingerprint density at radius 3 is 2.77 bits per heavy atom. The van der Waals surface area contributed by atoms with Crippen molar-refractivity contribution in [3.05, 3.63) is 12.2 Å². The van der Waals surface area contributed by atoms with E-state index in [-0.39, 0.29) is 12.1 Å². The summed E-state index contributed by atoms with van der Waals surface area (Å²) in [6, 6.07) is 0. The Hall–Kier alpha value is -0.830. The van der Waals surface area contributed by atoms with Crippen LogP contribution < -0.4 is 0 Å². The SMILES string of the molecule is C/C=C/C(=O)OC1CCCCC1O. The number of aliphatic hydroxyl groups excluding tert-OH is 1. The number of ether oxygens (including phenoxy) is 1. The monoisotopic (exact) mass is 184 g/mol. The molecular formula is C10H16O3. The first-order valence-corrected chi connectivity index (χ1v) is 4.75. The normalized spacial score (nSPS) is 29.1. The first-order chi connectivity index (χ1) is 6.24. The van der Waals surface area contributed by atoms with Crippen LogP contribution in [0.25, 0.3) is 0 Å². The van der Waals surface area contributed by atoms with Crippen LogP contribution in [-0.4, -0.2) is 23.3 Å². The van der Waals surface area contributed by atoms with Crippen LogP contribution in [0, 0.1) is 0 Å². The third-order valence-electron chi connectivity index (χ3n) is 2.24. The lowest BCUT2D eigenvalue weighted by Gasteiger charge is -2.26. The van der Waals surface area contributed by atoms with E-state index in [1.54, 1.807) is 13.0 Å². The zero-order valence-electron chi connectivity index (χ0n) is 7.90. The molecule has 0 bridgehead atoms. The average molecular weight is 184 g/mol. The molecule has 1 aliphatic rings. The van der Waals surface area contributed by atoms with Gasteiger partial charge in [-0.1, -0.05) is 12.5 Å². The van der Waals surface area contributed by atoms with Gasteiger partial charge in [-0.15, -0.1) is 0 Å². The lowest BCUT2D eigenvalue weighted by Crippen LogP contribution is -2.33. The Balaban J connectivity index is 2.37. The summed E-state index contributed by atoms with van der Waals surface area (Å²) in [5.74, 6) is -0.353. The molecule has 0 heterocycles. The Morgan fingerprint density at radius 2 is 2.15 bits per heavy atom. The topological polar surface area (TPSA) is 46.5 Å². The second-order valence-electron chi connectivity index (χ2n) is 3.33. The van der Waals surface area contributed by atoms with E-state index in [9.17, 15) is 9.90 Å². The molecule has 3 heteroatoms. The molecular weight excluding hydrogens is 168 g/mol. The molecule has 74 valence electrons. The minimum Gasteiger partial charge on any atom is -0.456 e. The van der Waals surface area contributed by atoms with Crippen LogP contribution in [0.15, 0.2) is 12.2 Å². The second kappa shape index (κ2) is 5.02. The summed E-state index contributed by atoms with van der Waals surface area (Å²) in [5.41, 5.74) is 0. The molecule has 0 aromatic heterocycles. The maximum atomic E-state index is 11.0. The van der Waals surface area contributed by atoms with Gasteiger partial charge >= 0.3 is 5.97 Å². The predicted molar refractivity (Wildman–Crippen MR) is 49.2 cm³/mol. The van der Waals surface area contributed by atoms with Gasteiger partial charge in [-0.2, -0.15) is 0 Å². The van der Waals surface area contributed by atoms with Gasteiger partial charge in [-0.25, -0.2) is 4.79 Å². The summed E-state index contributed by atoms with van der Waals surface area (Å²) in [6.45, 7) is 1.76. The number of carbonyl (C=O) groups excluding carboxylic acids is 1. The molecule has 0 aromatic rings. The summed E-state index contributed by atoms with van der Waals surface area (Å²) in [4.78, 5) is 11.0. The van der Waals surface area contributed by atoms with Crippen LogP contribution in [0.4, 0.5) is 0 Å². The van der Waals surface area contributed by atoms with Gasteiger partial charge in [0, 0.05) is 6.08 Å². The van der Waals surface area contributed by atoms with Gasteiger partial charge in [-0.3, -0.25) is 0 Å². The smallest absolute Gasteiger partial charge is 0.330 e. The molecule has 3 nitrogen and oxygen atoms in total. The van der Waals surface area contributed by atoms with Crippen LogP contribution in [-0.2, 0) is 9.53 Å². The van der Waals surface area contributed by atoms with Gasteiger partial charge in [0.1, 0.15) is 6.10 Å². The van der Waals surface area contributed by atoms with Crippen LogP contribution in [0.2, 0.25) is 0 Å². The zero-order chi connectivity index (χ0) is 9.68. The molecule has 0 saturated heterocycles.